The Bertz CT molecular complexity index is 1750. The minimum atomic E-state index is -0.712. The van der Waals surface area contributed by atoms with Gasteiger partial charge in [-0.3, -0.25) is 14.0 Å². The topological polar surface area (TPSA) is 94.5 Å². The molecule has 4 aliphatic heterocycles. The molecule has 6 rings (SSSR count). The number of likely N-dealkylation sites (tertiary alicyclic amines) is 2. The van der Waals surface area contributed by atoms with E-state index in [0.717, 1.165) is 22.0 Å². The number of nitrogens with one attached hydrogen (secondary N) is 1. The van der Waals surface area contributed by atoms with Crippen molar-refractivity contribution in [3.8, 4) is 0 Å². The third-order valence-electron chi connectivity index (χ3n) is 10.2. The Morgan fingerprint density at radius 3 is 2.25 bits per heavy atom. The summed E-state index contributed by atoms with van der Waals surface area (Å²) in [6, 6.07) is 13.7. The average molecular weight is 759 g/mol. The summed E-state index contributed by atoms with van der Waals surface area (Å²) < 4.78 is 19.6. The molecule has 13 heteroatoms. The summed E-state index contributed by atoms with van der Waals surface area (Å²) in [7, 11) is 0. The van der Waals surface area contributed by atoms with Crippen molar-refractivity contribution in [3.05, 3.63) is 80.3 Å². The second-order valence-electron chi connectivity index (χ2n) is 15.4. The first-order valence-electron chi connectivity index (χ1n) is 17.5. The number of alkyl halides is 1. The maximum Gasteiger partial charge on any atom is 0.407 e. The molecular weight excluding hydrogens is 712 g/mol. The summed E-state index contributed by atoms with van der Waals surface area (Å²) in [4.78, 5) is 52.9. The SMILES string of the molecule is CC(C)C1=C(C(=O)N2[C@H](C)CC[C@H]2C(=O)N2C[C@H](CF)[C@@H](NC(=O)OC(C)(C)C)C2)SC2=N[C@@](C)(c3ccc(Cl)cc3)[C@@H](c3ccc(Cl)cc3)N21. The van der Waals surface area contributed by atoms with Crippen molar-refractivity contribution in [1.82, 2.24) is 20.0 Å². The Balaban J connectivity index is 1.30. The largest absolute Gasteiger partial charge is 0.444 e. The lowest BCUT2D eigenvalue weighted by atomic mass is 9.81. The van der Waals surface area contributed by atoms with Gasteiger partial charge in [0.2, 0.25) is 5.91 Å². The summed E-state index contributed by atoms with van der Waals surface area (Å²) in [5.74, 6) is -1.07. The second-order valence-corrected chi connectivity index (χ2v) is 17.3. The lowest BCUT2D eigenvalue weighted by molar-refractivity contribution is -0.142. The lowest BCUT2D eigenvalue weighted by Gasteiger charge is -2.37. The average Bonchev–Trinajstić information content (AvgIpc) is 3.81. The Morgan fingerprint density at radius 1 is 1.04 bits per heavy atom. The molecule has 9 nitrogen and oxygen atoms in total. The van der Waals surface area contributed by atoms with E-state index in [-0.39, 0.29) is 42.9 Å². The number of allylic oxidation sites excluding steroid dienone is 1. The number of hydrogen-bond donors (Lipinski definition) is 1. The molecule has 2 saturated heterocycles. The van der Waals surface area contributed by atoms with E-state index in [9.17, 15) is 18.8 Å². The van der Waals surface area contributed by atoms with Crippen LogP contribution in [0.1, 0.15) is 78.5 Å². The molecule has 4 heterocycles. The number of benzene rings is 2. The van der Waals surface area contributed by atoms with Gasteiger partial charge in [-0.1, -0.05) is 61.3 Å². The molecule has 2 fully saturated rings. The van der Waals surface area contributed by atoms with Crippen LogP contribution in [0.3, 0.4) is 0 Å². The number of carbonyl (C=O) groups excluding carboxylic acids is 3. The molecule has 1 N–H and O–H groups in total. The van der Waals surface area contributed by atoms with Gasteiger partial charge in [0.25, 0.3) is 5.91 Å². The van der Waals surface area contributed by atoms with Crippen LogP contribution in [0, 0.1) is 11.8 Å². The van der Waals surface area contributed by atoms with Crippen molar-refractivity contribution in [3.63, 3.8) is 0 Å². The number of fused-ring (bicyclic) bond motifs is 1. The number of hydrogen-bond acceptors (Lipinski definition) is 7. The van der Waals surface area contributed by atoms with Crippen molar-refractivity contribution in [1.29, 1.82) is 0 Å². The maximum absolute atomic E-state index is 14.8. The number of alkyl carbamates (subject to hydrolysis) is 1. The molecule has 51 heavy (non-hydrogen) atoms. The van der Waals surface area contributed by atoms with Gasteiger partial charge in [-0.05, 0) is 101 Å². The first-order chi connectivity index (χ1) is 24.0. The molecule has 0 spiro atoms. The first-order valence-corrected chi connectivity index (χ1v) is 19.1. The molecule has 3 amide bonds. The van der Waals surface area contributed by atoms with Crippen molar-refractivity contribution in [2.45, 2.75) is 96.6 Å². The normalized spacial score (nSPS) is 27.7. The number of aliphatic imine (C=N–C) groups is 1. The zero-order chi connectivity index (χ0) is 37.0. The highest BCUT2D eigenvalue weighted by Crippen LogP contribution is 2.56. The summed E-state index contributed by atoms with van der Waals surface area (Å²) in [6.45, 7) is 13.1. The number of halogens is 3. The van der Waals surface area contributed by atoms with Crippen molar-refractivity contribution >= 4 is 58.0 Å². The van der Waals surface area contributed by atoms with Gasteiger partial charge < -0.3 is 24.8 Å². The monoisotopic (exact) mass is 757 g/mol. The Hall–Kier alpha value is -3.28. The van der Waals surface area contributed by atoms with Gasteiger partial charge in [0.1, 0.15) is 22.1 Å². The quantitative estimate of drug-likeness (QED) is 0.308. The molecule has 274 valence electrons. The molecule has 2 aromatic rings. The zero-order valence-electron chi connectivity index (χ0n) is 30.1. The molecule has 0 bridgehead atoms. The van der Waals surface area contributed by atoms with Crippen LogP contribution < -0.4 is 5.32 Å². The highest BCUT2D eigenvalue weighted by atomic mass is 35.5. The highest BCUT2D eigenvalue weighted by Gasteiger charge is 2.54. The Labute approximate surface area is 313 Å². The molecule has 0 unspecified atom stereocenters. The van der Waals surface area contributed by atoms with E-state index in [1.165, 1.54) is 11.8 Å². The van der Waals surface area contributed by atoms with Crippen LogP contribution in [0.5, 0.6) is 0 Å². The van der Waals surface area contributed by atoms with E-state index >= 15 is 0 Å². The van der Waals surface area contributed by atoms with Crippen LogP contribution in [0.15, 0.2) is 64.1 Å². The predicted octanol–water partition coefficient (Wildman–Crippen LogP) is 7.94. The van der Waals surface area contributed by atoms with Crippen LogP contribution in [0.2, 0.25) is 10.0 Å². The summed E-state index contributed by atoms with van der Waals surface area (Å²) in [6.07, 6.45) is 0.503. The lowest BCUT2D eigenvalue weighted by Crippen LogP contribution is -2.50. The number of nitrogens with zero attached hydrogens (tertiary/aromatic N) is 4. The standard InChI is InChI=1S/C38H46Cl2FN5O4S/c1-21(2)30-31(51-35-43-38(7,25-11-15-27(40)16-12-25)32(46(30)35)23-9-13-26(39)14-10-23)34(48)45-22(3)8-17-29(45)33(47)44-19-24(18-41)28(20-44)42-36(49)50-37(4,5)6/h9-16,21-22,24,28-29,32H,8,17-20H2,1-7H3,(H,42,49)/t22-,24+,28+,29+,32-,38+/m1/s1. The van der Waals surface area contributed by atoms with Crippen molar-refractivity contribution < 1.29 is 23.5 Å². The van der Waals surface area contributed by atoms with Crippen molar-refractivity contribution in [2.24, 2.45) is 16.8 Å². The Kier molecular flexibility index (Phi) is 10.5. The van der Waals surface area contributed by atoms with Crippen molar-refractivity contribution in [2.75, 3.05) is 19.8 Å². The molecule has 0 aromatic heterocycles. The molecule has 2 aromatic carbocycles. The number of carbonyl (C=O) groups is 3. The second kappa shape index (κ2) is 14.3. The molecule has 0 radical (unpaired) electrons. The highest BCUT2D eigenvalue weighted by molar-refractivity contribution is 8.18. The van der Waals surface area contributed by atoms with Crippen LogP contribution in [0.4, 0.5) is 9.18 Å². The third-order valence-corrected chi connectivity index (χ3v) is 11.8. The van der Waals surface area contributed by atoms with E-state index in [1.54, 1.807) is 30.6 Å². The van der Waals surface area contributed by atoms with Crippen LogP contribution >= 0.6 is 35.0 Å². The van der Waals surface area contributed by atoms with Gasteiger partial charge in [0.15, 0.2) is 5.17 Å². The minimum Gasteiger partial charge on any atom is -0.444 e. The Morgan fingerprint density at radius 2 is 1.67 bits per heavy atom. The van der Waals surface area contributed by atoms with Crippen LogP contribution in [-0.4, -0.2) is 81.3 Å². The molecule has 0 saturated carbocycles. The van der Waals surface area contributed by atoms with E-state index in [1.807, 2.05) is 55.5 Å². The zero-order valence-corrected chi connectivity index (χ0v) is 32.4. The fourth-order valence-electron chi connectivity index (χ4n) is 7.79. The van der Waals surface area contributed by atoms with E-state index < -0.39 is 41.9 Å². The smallest absolute Gasteiger partial charge is 0.407 e. The van der Waals surface area contributed by atoms with Crippen LogP contribution in [-0.2, 0) is 19.9 Å². The summed E-state index contributed by atoms with van der Waals surface area (Å²) in [5, 5.41) is 4.74. The summed E-state index contributed by atoms with van der Waals surface area (Å²) >= 11 is 14.0. The van der Waals surface area contributed by atoms with Gasteiger partial charge >= 0.3 is 6.09 Å². The number of thioether (sulfide) groups is 1. The third kappa shape index (κ3) is 7.22. The van der Waals surface area contributed by atoms with Gasteiger partial charge in [-0.2, -0.15) is 0 Å². The summed E-state index contributed by atoms with van der Waals surface area (Å²) in [5.41, 5.74) is 1.42. The minimum absolute atomic E-state index is 0.0536. The number of ether oxygens (including phenoxy) is 1. The number of amides is 3. The predicted molar refractivity (Wildman–Crippen MR) is 200 cm³/mol. The van der Waals surface area contributed by atoms with E-state index in [4.69, 9.17) is 32.9 Å². The molecular formula is C38H46Cl2FN5O4S. The number of amidine groups is 1. The van der Waals surface area contributed by atoms with Gasteiger partial charge in [0.05, 0.1) is 18.8 Å². The van der Waals surface area contributed by atoms with Gasteiger partial charge in [0, 0.05) is 40.8 Å². The first kappa shape index (κ1) is 37.5. The van der Waals surface area contributed by atoms with E-state index in [2.05, 4.69) is 31.0 Å². The number of rotatable bonds is 7. The van der Waals surface area contributed by atoms with Crippen LogP contribution in [0.25, 0.3) is 0 Å². The molecule has 4 aliphatic rings. The van der Waals surface area contributed by atoms with Gasteiger partial charge in [-0.15, -0.1) is 0 Å². The molecule has 6 atom stereocenters. The van der Waals surface area contributed by atoms with Gasteiger partial charge in [-0.25, -0.2) is 9.79 Å². The fourth-order valence-corrected chi connectivity index (χ4v) is 9.39. The molecule has 0 aliphatic carbocycles. The maximum atomic E-state index is 14.8. The van der Waals surface area contributed by atoms with E-state index in [0.29, 0.717) is 27.8 Å². The fraction of sp³-hybridized carbons (Fsp3) is 0.526.